The number of benzene rings is 1. The maximum absolute atomic E-state index is 5.97. The molecule has 1 aromatic rings. The molecule has 1 aliphatic heterocycles. The Labute approximate surface area is 124 Å². The first-order valence-electron chi connectivity index (χ1n) is 7.07. The van der Waals surface area contributed by atoms with Crippen LogP contribution >= 0.6 is 15.9 Å². The van der Waals surface area contributed by atoms with Crippen LogP contribution in [0.1, 0.15) is 37.8 Å². The van der Waals surface area contributed by atoms with E-state index >= 15 is 0 Å². The molecule has 1 aliphatic rings. The summed E-state index contributed by atoms with van der Waals surface area (Å²) in [4.78, 5) is 2.48. The van der Waals surface area contributed by atoms with Crippen molar-refractivity contribution in [1.29, 1.82) is 0 Å². The maximum atomic E-state index is 5.97. The van der Waals surface area contributed by atoms with Crippen LogP contribution < -0.4 is 10.5 Å². The van der Waals surface area contributed by atoms with Crippen molar-refractivity contribution in [3.63, 3.8) is 0 Å². The fourth-order valence-electron chi connectivity index (χ4n) is 2.48. The van der Waals surface area contributed by atoms with Crippen LogP contribution in [0.25, 0.3) is 0 Å². The predicted octanol–water partition coefficient (Wildman–Crippen LogP) is 3.33. The summed E-state index contributed by atoms with van der Waals surface area (Å²) in [6.45, 7) is 6.14. The van der Waals surface area contributed by atoms with Crippen LogP contribution in [0, 0.1) is 0 Å². The Morgan fingerprint density at radius 2 is 2.05 bits per heavy atom. The Morgan fingerprint density at radius 1 is 1.32 bits per heavy atom. The highest BCUT2D eigenvalue weighted by molar-refractivity contribution is 9.10. The molecular formula is C15H23BrN2O. The number of rotatable bonds is 5. The van der Waals surface area contributed by atoms with Crippen LogP contribution in [0.5, 0.6) is 5.75 Å². The molecule has 0 spiro atoms. The highest BCUT2D eigenvalue weighted by Crippen LogP contribution is 2.27. The van der Waals surface area contributed by atoms with E-state index in [9.17, 15) is 0 Å². The third kappa shape index (κ3) is 4.48. The second-order valence-corrected chi connectivity index (χ2v) is 6.14. The minimum absolute atomic E-state index is 0.00177. The van der Waals surface area contributed by atoms with Crippen molar-refractivity contribution >= 4 is 15.9 Å². The molecule has 1 fully saturated rings. The maximum Gasteiger partial charge on any atom is 0.125 e. The van der Waals surface area contributed by atoms with Crippen molar-refractivity contribution < 1.29 is 4.74 Å². The first kappa shape index (κ1) is 14.8. The van der Waals surface area contributed by atoms with Gasteiger partial charge in [0.05, 0.1) is 0 Å². The third-order valence-electron chi connectivity index (χ3n) is 3.58. The summed E-state index contributed by atoms with van der Waals surface area (Å²) in [5.41, 5.74) is 7.04. The lowest BCUT2D eigenvalue weighted by molar-refractivity contribution is 0.182. The quantitative estimate of drug-likeness (QED) is 0.901. The van der Waals surface area contributed by atoms with Crippen LogP contribution in [-0.4, -0.2) is 31.1 Å². The standard InChI is InChI=1S/C15H23BrN2O/c1-12(17)14-6-5-13(16)11-15(14)19-10-9-18-7-3-2-4-8-18/h5-6,11-12H,2-4,7-10,17H2,1H3. The van der Waals surface area contributed by atoms with Gasteiger partial charge in [0.15, 0.2) is 0 Å². The summed E-state index contributed by atoms with van der Waals surface area (Å²) in [6.07, 6.45) is 4.02. The zero-order valence-electron chi connectivity index (χ0n) is 11.6. The molecule has 0 saturated carbocycles. The molecule has 0 aliphatic carbocycles. The van der Waals surface area contributed by atoms with Crippen molar-refractivity contribution in [2.45, 2.75) is 32.2 Å². The summed E-state index contributed by atoms with van der Waals surface area (Å²) in [7, 11) is 0. The van der Waals surface area contributed by atoms with Crippen molar-refractivity contribution in [3.05, 3.63) is 28.2 Å². The largest absolute Gasteiger partial charge is 0.492 e. The fraction of sp³-hybridized carbons (Fsp3) is 0.600. The average Bonchev–Trinajstić information content (AvgIpc) is 2.39. The van der Waals surface area contributed by atoms with E-state index in [-0.39, 0.29) is 6.04 Å². The Kier molecular flexibility index (Phi) is 5.67. The first-order valence-corrected chi connectivity index (χ1v) is 7.86. The zero-order valence-corrected chi connectivity index (χ0v) is 13.2. The van der Waals surface area contributed by atoms with E-state index in [4.69, 9.17) is 10.5 Å². The van der Waals surface area contributed by atoms with E-state index in [1.807, 2.05) is 25.1 Å². The number of halogens is 1. The monoisotopic (exact) mass is 326 g/mol. The first-order chi connectivity index (χ1) is 9.16. The van der Waals surface area contributed by atoms with Gasteiger partial charge in [0.25, 0.3) is 0 Å². The molecule has 106 valence electrons. The van der Waals surface area contributed by atoms with E-state index < -0.39 is 0 Å². The summed E-state index contributed by atoms with van der Waals surface area (Å²) in [5.74, 6) is 0.904. The van der Waals surface area contributed by atoms with E-state index in [2.05, 4.69) is 20.8 Å². The van der Waals surface area contributed by atoms with Gasteiger partial charge in [-0.25, -0.2) is 0 Å². The predicted molar refractivity (Wildman–Crippen MR) is 82.5 cm³/mol. The van der Waals surface area contributed by atoms with E-state index in [1.165, 1.54) is 32.4 Å². The van der Waals surface area contributed by atoms with Crippen molar-refractivity contribution in [3.8, 4) is 5.75 Å². The molecule has 2 N–H and O–H groups in total. The van der Waals surface area contributed by atoms with E-state index in [0.29, 0.717) is 0 Å². The van der Waals surface area contributed by atoms with Gasteiger partial charge in [0.2, 0.25) is 0 Å². The molecule has 0 bridgehead atoms. The molecule has 0 amide bonds. The highest BCUT2D eigenvalue weighted by atomic mass is 79.9. The second kappa shape index (κ2) is 7.27. The molecule has 4 heteroatoms. The number of hydrogen-bond donors (Lipinski definition) is 1. The fourth-order valence-corrected chi connectivity index (χ4v) is 2.82. The van der Waals surface area contributed by atoms with Gasteiger partial charge in [0.1, 0.15) is 12.4 Å². The molecule has 1 aromatic carbocycles. The van der Waals surface area contributed by atoms with Gasteiger partial charge in [-0.2, -0.15) is 0 Å². The molecule has 2 rings (SSSR count). The summed E-state index contributed by atoms with van der Waals surface area (Å²) >= 11 is 3.48. The minimum atomic E-state index is -0.00177. The normalized spacial score (nSPS) is 18.3. The molecule has 1 heterocycles. The van der Waals surface area contributed by atoms with Gasteiger partial charge in [0, 0.05) is 22.6 Å². The lowest BCUT2D eigenvalue weighted by Crippen LogP contribution is -2.33. The Hall–Kier alpha value is -0.580. The van der Waals surface area contributed by atoms with Crippen molar-refractivity contribution in [1.82, 2.24) is 4.90 Å². The smallest absolute Gasteiger partial charge is 0.125 e. The van der Waals surface area contributed by atoms with Crippen LogP contribution in [0.2, 0.25) is 0 Å². The van der Waals surface area contributed by atoms with Crippen molar-refractivity contribution in [2.75, 3.05) is 26.2 Å². The van der Waals surface area contributed by atoms with E-state index in [0.717, 1.165) is 28.9 Å². The molecule has 3 nitrogen and oxygen atoms in total. The number of nitrogens with zero attached hydrogens (tertiary/aromatic N) is 1. The number of likely N-dealkylation sites (tertiary alicyclic amines) is 1. The molecule has 1 atom stereocenters. The lowest BCUT2D eigenvalue weighted by atomic mass is 10.1. The van der Waals surface area contributed by atoms with Gasteiger partial charge in [-0.3, -0.25) is 4.90 Å². The molecule has 1 saturated heterocycles. The SMILES string of the molecule is CC(N)c1ccc(Br)cc1OCCN1CCCCC1. The van der Waals surface area contributed by atoms with Crippen LogP contribution in [0.4, 0.5) is 0 Å². The van der Waals surface area contributed by atoms with Crippen LogP contribution in [0.3, 0.4) is 0 Å². The second-order valence-electron chi connectivity index (χ2n) is 5.22. The Morgan fingerprint density at radius 3 is 2.74 bits per heavy atom. The van der Waals surface area contributed by atoms with Gasteiger partial charge in [-0.1, -0.05) is 28.4 Å². The van der Waals surface area contributed by atoms with Gasteiger partial charge in [-0.05, 0) is 45.0 Å². The third-order valence-corrected chi connectivity index (χ3v) is 4.07. The highest BCUT2D eigenvalue weighted by Gasteiger charge is 2.12. The molecule has 19 heavy (non-hydrogen) atoms. The van der Waals surface area contributed by atoms with Gasteiger partial charge in [-0.15, -0.1) is 0 Å². The minimum Gasteiger partial charge on any atom is -0.492 e. The van der Waals surface area contributed by atoms with Crippen LogP contribution in [0.15, 0.2) is 22.7 Å². The topological polar surface area (TPSA) is 38.5 Å². The lowest BCUT2D eigenvalue weighted by Gasteiger charge is -2.26. The Bertz CT molecular complexity index is 403. The van der Waals surface area contributed by atoms with Crippen LogP contribution in [-0.2, 0) is 0 Å². The van der Waals surface area contributed by atoms with Crippen molar-refractivity contribution in [2.24, 2.45) is 5.73 Å². The molecule has 1 unspecified atom stereocenters. The number of nitrogens with two attached hydrogens (primary N) is 1. The number of hydrogen-bond acceptors (Lipinski definition) is 3. The summed E-state index contributed by atoms with van der Waals surface area (Å²) in [5, 5.41) is 0. The number of piperidine rings is 1. The summed E-state index contributed by atoms with van der Waals surface area (Å²) < 4.78 is 6.96. The van der Waals surface area contributed by atoms with Gasteiger partial charge < -0.3 is 10.5 Å². The molecule has 0 aromatic heterocycles. The summed E-state index contributed by atoms with van der Waals surface area (Å²) in [6, 6.07) is 6.05. The zero-order chi connectivity index (χ0) is 13.7. The van der Waals surface area contributed by atoms with E-state index in [1.54, 1.807) is 0 Å². The Balaban J connectivity index is 1.89. The molecule has 0 radical (unpaired) electrons. The average molecular weight is 327 g/mol. The number of ether oxygens (including phenoxy) is 1. The van der Waals surface area contributed by atoms with Gasteiger partial charge >= 0.3 is 0 Å². The molecular weight excluding hydrogens is 304 g/mol.